The van der Waals surface area contributed by atoms with Gasteiger partial charge >= 0.3 is 41.8 Å². The minimum Gasteiger partial charge on any atom is -0.459 e. The average Bonchev–Trinajstić information content (AvgIpc) is 1.71. The monoisotopic (exact) mass is 1270 g/mol. The minimum absolute atomic E-state index is 0.0130. The lowest BCUT2D eigenvalue weighted by Gasteiger charge is -2.60. The summed E-state index contributed by atoms with van der Waals surface area (Å²) in [6, 6.07) is 0. The maximum absolute atomic E-state index is 12.6. The van der Waals surface area contributed by atoms with E-state index in [0.717, 1.165) is 94.3 Å². The van der Waals surface area contributed by atoms with E-state index >= 15 is 0 Å². The Morgan fingerprint density at radius 2 is 0.899 bits per heavy atom. The molecule has 0 aromatic heterocycles. The summed E-state index contributed by atoms with van der Waals surface area (Å²) < 4.78 is 67.2. The zero-order valence-electron chi connectivity index (χ0n) is 56.3. The van der Waals surface area contributed by atoms with E-state index < -0.39 is 105 Å². The Hall–Kier alpha value is -3.84. The Balaban J connectivity index is 0.000000142. The van der Waals surface area contributed by atoms with Crippen LogP contribution in [0.2, 0.25) is 0 Å². The Labute approximate surface area is 531 Å². The molecule has 18 nitrogen and oxygen atoms in total. The number of carbonyl (C=O) groups is 7. The molecule has 0 spiro atoms. The van der Waals surface area contributed by atoms with Crippen LogP contribution in [0.4, 0.5) is 0 Å². The van der Waals surface area contributed by atoms with E-state index in [4.69, 9.17) is 37.3 Å². The molecule has 14 aliphatic carbocycles. The van der Waals surface area contributed by atoms with Crippen molar-refractivity contribution in [2.75, 3.05) is 19.8 Å². The van der Waals surface area contributed by atoms with Crippen molar-refractivity contribution in [2.45, 2.75) is 284 Å². The highest BCUT2D eigenvalue weighted by atomic mass is 32.2. The van der Waals surface area contributed by atoms with Crippen LogP contribution in [0.15, 0.2) is 0 Å². The van der Waals surface area contributed by atoms with Gasteiger partial charge in [0.15, 0.2) is 19.8 Å². The Morgan fingerprint density at radius 1 is 0.483 bits per heavy atom. The van der Waals surface area contributed by atoms with Crippen LogP contribution in [0.3, 0.4) is 0 Å². The zero-order valence-corrected chi connectivity index (χ0v) is 57.2. The van der Waals surface area contributed by atoms with Crippen LogP contribution < -0.4 is 0 Å². The van der Waals surface area contributed by atoms with Gasteiger partial charge in [-0.25, -0.2) is 14.4 Å². The van der Waals surface area contributed by atoms with Crippen molar-refractivity contribution < 1.29 is 84.4 Å². The SMILES string of the molecule is CCC(C)(C)C(=O)OC1(CC)C2CC3CC(C2)CC1C3.CCC(C)(C)C(=O)OC12CC3CC(CC(O)(C3)C1)C2.CCC(C)(C)C(=O)OCC(=O)OC1C2CC3C1OS(=O)(=O)C3C2.CCC(C)(C)C(=O)OCC(=O)OCC(=O)OC1(C)C2CC3CC(C2)CC1C3. The van der Waals surface area contributed by atoms with Gasteiger partial charge in [-0.05, 0) is 263 Å². The smallest absolute Gasteiger partial charge is 0.344 e. The fraction of sp³-hybridized carbons (Fsp3) is 0.900. The fourth-order valence-corrected chi connectivity index (χ4v) is 20.8. The van der Waals surface area contributed by atoms with E-state index in [1.165, 1.54) is 44.9 Å². The number of hydrogen-bond donors (Lipinski definition) is 1. The molecule has 7 atom stereocenters. The van der Waals surface area contributed by atoms with Gasteiger partial charge in [-0.3, -0.25) is 23.4 Å². The van der Waals surface area contributed by atoms with Gasteiger partial charge in [0.25, 0.3) is 10.1 Å². The molecule has 89 heavy (non-hydrogen) atoms. The van der Waals surface area contributed by atoms with E-state index in [1.54, 1.807) is 27.7 Å². The molecule has 0 aromatic rings. The quantitative estimate of drug-likeness (QED) is 0.0717. The second-order valence-corrected chi connectivity index (χ2v) is 34.7. The van der Waals surface area contributed by atoms with Gasteiger partial charge < -0.3 is 38.3 Å². The second kappa shape index (κ2) is 25.8. The van der Waals surface area contributed by atoms with Crippen molar-refractivity contribution in [3.8, 4) is 0 Å². The third-order valence-corrected chi connectivity index (χ3v) is 26.9. The first kappa shape index (κ1) is 69.5. The molecule has 0 amide bonds. The molecule has 19 heteroatoms. The van der Waals surface area contributed by atoms with Crippen LogP contribution in [0, 0.1) is 92.7 Å². The summed E-state index contributed by atoms with van der Waals surface area (Å²) in [6.45, 7) is 25.7. The first-order valence-corrected chi connectivity index (χ1v) is 36.0. The Kier molecular flexibility index (Phi) is 20.2. The van der Waals surface area contributed by atoms with Crippen LogP contribution in [-0.2, 0) is 81.0 Å². The summed E-state index contributed by atoms with van der Waals surface area (Å²) in [5, 5.41) is 10.2. The maximum atomic E-state index is 12.6. The van der Waals surface area contributed by atoms with Crippen LogP contribution >= 0.6 is 0 Å². The molecular formula is C70H110O18S. The van der Waals surface area contributed by atoms with Crippen molar-refractivity contribution in [3.05, 3.63) is 0 Å². The van der Waals surface area contributed by atoms with Crippen LogP contribution in [0.5, 0.6) is 0 Å². The van der Waals surface area contributed by atoms with E-state index in [-0.39, 0.29) is 40.4 Å². The van der Waals surface area contributed by atoms with Gasteiger partial charge in [0.05, 0.1) is 32.5 Å². The molecule has 0 radical (unpaired) electrons. The summed E-state index contributed by atoms with van der Waals surface area (Å²) in [7, 11) is -3.53. The molecule has 1 aliphatic heterocycles. The highest BCUT2D eigenvalue weighted by molar-refractivity contribution is 7.87. The van der Waals surface area contributed by atoms with Crippen LogP contribution in [0.1, 0.15) is 245 Å². The summed E-state index contributed by atoms with van der Waals surface area (Å²) in [5.74, 6) is 3.75. The molecule has 504 valence electrons. The predicted octanol–water partition coefficient (Wildman–Crippen LogP) is 11.9. The fourth-order valence-electron chi connectivity index (χ4n) is 18.9. The number of aliphatic hydroxyl groups is 1. The molecule has 1 heterocycles. The molecule has 15 rings (SSSR count). The van der Waals surface area contributed by atoms with Gasteiger partial charge in [-0.15, -0.1) is 0 Å². The normalized spacial score (nSPS) is 39.0. The summed E-state index contributed by atoms with van der Waals surface area (Å²) in [4.78, 5) is 84.7. The van der Waals surface area contributed by atoms with E-state index in [2.05, 4.69) is 20.8 Å². The lowest BCUT2D eigenvalue weighted by Crippen LogP contribution is -2.61. The second-order valence-electron chi connectivity index (χ2n) is 32.9. The summed E-state index contributed by atoms with van der Waals surface area (Å²) in [5.41, 5.74) is -3.52. The minimum atomic E-state index is -3.53. The first-order chi connectivity index (χ1) is 41.5. The molecule has 15 aliphatic rings. The topological polar surface area (TPSA) is 248 Å². The van der Waals surface area contributed by atoms with Crippen molar-refractivity contribution in [1.29, 1.82) is 0 Å². The highest BCUT2D eigenvalue weighted by Gasteiger charge is 2.66. The molecule has 0 aromatic carbocycles. The number of carbonyl (C=O) groups excluding carboxylic acids is 7. The predicted molar refractivity (Wildman–Crippen MR) is 329 cm³/mol. The van der Waals surface area contributed by atoms with Crippen LogP contribution in [-0.4, -0.2) is 115 Å². The number of rotatable bonds is 19. The lowest BCUT2D eigenvalue weighted by atomic mass is 9.49. The van der Waals surface area contributed by atoms with Crippen molar-refractivity contribution in [1.82, 2.24) is 0 Å². The number of esters is 7. The third-order valence-electron chi connectivity index (χ3n) is 25.2. The van der Waals surface area contributed by atoms with Crippen LogP contribution in [0.25, 0.3) is 0 Å². The number of hydrogen-bond acceptors (Lipinski definition) is 18. The van der Waals surface area contributed by atoms with E-state index in [0.29, 0.717) is 67.6 Å². The standard InChI is InChI=1S/C21H32O6.C18H30O2.C16H26O3.C15H22O7S/c1-5-20(2,3)19(24)26-11-17(22)25-12-18(23)27-21(4)15-7-13-6-14(9-15)10-16(21)8-13;1-5-17(3,4)16(19)20-18(6-2)14-8-12-7-13(10-14)11-15(18)9-12;1-4-14(2,3)13(17)19-16-8-11-5-12(9-16)7-15(18,6-11)10-16;1-4-15(2,3)14(17)20-7-11(16)21-12-8-5-9-10(6-8)23(18,19)22-13(9)12/h13-16H,5-12H2,1-4H3;12-15H,5-11H2,1-4H3;11-12,18H,4-10H2,1-3H3;8-10,12-13H,4-7H2,1-3H3. The van der Waals surface area contributed by atoms with Gasteiger partial charge in [0.1, 0.15) is 29.0 Å². The molecular weight excluding hydrogens is 1160 g/mol. The Bertz CT molecular complexity index is 2690. The van der Waals surface area contributed by atoms with Gasteiger partial charge in [-0.2, -0.15) is 8.42 Å². The molecule has 14 bridgehead atoms. The van der Waals surface area contributed by atoms with E-state index in [9.17, 15) is 47.1 Å². The summed E-state index contributed by atoms with van der Waals surface area (Å²) >= 11 is 0. The van der Waals surface area contributed by atoms with Crippen molar-refractivity contribution in [2.24, 2.45) is 92.7 Å². The summed E-state index contributed by atoms with van der Waals surface area (Å²) in [6.07, 6.45) is 22.1. The third kappa shape index (κ3) is 14.5. The number of ether oxygens (including phenoxy) is 7. The van der Waals surface area contributed by atoms with Crippen molar-refractivity contribution >= 4 is 51.9 Å². The number of fused-ring (bicyclic) bond motifs is 1. The first-order valence-electron chi connectivity index (χ1n) is 34.5. The van der Waals surface area contributed by atoms with Crippen molar-refractivity contribution in [3.63, 3.8) is 0 Å². The van der Waals surface area contributed by atoms with Gasteiger partial charge in [0, 0.05) is 18.3 Å². The molecule has 7 unspecified atom stereocenters. The highest BCUT2D eigenvalue weighted by Crippen LogP contribution is 2.63. The Morgan fingerprint density at radius 3 is 1.35 bits per heavy atom. The molecule has 1 saturated heterocycles. The van der Waals surface area contributed by atoms with Gasteiger partial charge in [0.2, 0.25) is 0 Å². The molecule has 15 fully saturated rings. The average molecular weight is 1270 g/mol. The maximum Gasteiger partial charge on any atom is 0.344 e. The lowest BCUT2D eigenvalue weighted by molar-refractivity contribution is -0.225. The van der Waals surface area contributed by atoms with E-state index in [1.807, 2.05) is 48.5 Å². The largest absolute Gasteiger partial charge is 0.459 e. The molecule has 14 saturated carbocycles. The van der Waals surface area contributed by atoms with Gasteiger partial charge in [-0.1, -0.05) is 34.6 Å². The zero-order chi connectivity index (χ0) is 65.2. The molecule has 1 N–H and O–H groups in total.